The van der Waals surface area contributed by atoms with Crippen LogP contribution in [0, 0.1) is 17.2 Å². The van der Waals surface area contributed by atoms with Crippen LogP contribution in [0.5, 0.6) is 0 Å². The molecule has 1 fully saturated rings. The van der Waals surface area contributed by atoms with Crippen molar-refractivity contribution in [2.75, 3.05) is 13.1 Å². The second-order valence-electron chi connectivity index (χ2n) is 10.0. The summed E-state index contributed by atoms with van der Waals surface area (Å²) in [7, 11) is -0.939. The topological polar surface area (TPSA) is 38.8 Å². The number of benzene rings is 1. The monoisotopic (exact) mass is 408 g/mol. The molecule has 1 aliphatic heterocycles. The van der Waals surface area contributed by atoms with Gasteiger partial charge in [-0.25, -0.2) is 9.18 Å². The number of rotatable bonds is 4. The highest BCUT2D eigenvalue weighted by Gasteiger charge is 2.46. The summed E-state index contributed by atoms with van der Waals surface area (Å²) in [6.45, 7) is 17.4. The van der Waals surface area contributed by atoms with Crippen LogP contribution in [0.25, 0.3) is 0 Å². The van der Waals surface area contributed by atoms with E-state index in [1.54, 1.807) is 17.0 Å². The molecule has 0 bridgehead atoms. The molecule has 3 atom stereocenters. The van der Waals surface area contributed by atoms with Crippen molar-refractivity contribution in [1.29, 1.82) is 0 Å². The third-order valence-electron chi connectivity index (χ3n) is 4.90. The standard InChI is InChI=1S/C22H35FNO3Si/c1-21(2,3)19(27-28(7)8)18-14-24(20(25)26-22(4,5)6)13-17(18)15-10-9-11-16(23)12-15/h9-12,17-19H,13-14H2,1-8H3/t17?,18?,19-/m1/s1. The van der Waals surface area contributed by atoms with E-state index in [9.17, 15) is 9.18 Å². The zero-order valence-electron chi connectivity index (χ0n) is 18.5. The molecule has 0 N–H and O–H groups in total. The lowest BCUT2D eigenvalue weighted by molar-refractivity contribution is 0.0176. The Bertz CT molecular complexity index is 681. The van der Waals surface area contributed by atoms with Crippen molar-refractivity contribution < 1.29 is 18.3 Å². The van der Waals surface area contributed by atoms with Crippen molar-refractivity contribution in [1.82, 2.24) is 4.90 Å². The Labute approximate surface area is 171 Å². The third kappa shape index (κ3) is 6.05. The Morgan fingerprint density at radius 3 is 2.32 bits per heavy atom. The Balaban J connectivity index is 2.38. The highest BCUT2D eigenvalue weighted by atomic mass is 28.3. The molecular weight excluding hydrogens is 373 g/mol. The molecule has 28 heavy (non-hydrogen) atoms. The van der Waals surface area contributed by atoms with Crippen LogP contribution in [-0.4, -0.2) is 44.8 Å². The number of carbonyl (C=O) groups is 1. The maximum atomic E-state index is 13.9. The molecule has 1 aromatic carbocycles. The normalized spacial score (nSPS) is 21.9. The summed E-state index contributed by atoms with van der Waals surface area (Å²) in [6, 6.07) is 6.72. The maximum Gasteiger partial charge on any atom is 0.410 e. The number of carbonyl (C=O) groups excluding carboxylic acids is 1. The molecule has 1 aromatic rings. The number of amides is 1. The first kappa shape index (κ1) is 22.9. The first-order chi connectivity index (χ1) is 12.8. The van der Waals surface area contributed by atoms with Gasteiger partial charge in [0.25, 0.3) is 0 Å². The fourth-order valence-corrected chi connectivity index (χ4v) is 4.90. The zero-order chi connectivity index (χ0) is 21.3. The molecule has 1 aliphatic rings. The van der Waals surface area contributed by atoms with Crippen molar-refractivity contribution >= 4 is 15.1 Å². The summed E-state index contributed by atoms with van der Waals surface area (Å²) < 4.78 is 26.0. The van der Waals surface area contributed by atoms with Crippen LogP contribution in [0.1, 0.15) is 53.0 Å². The minimum absolute atomic E-state index is 0.00814. The average molecular weight is 409 g/mol. The van der Waals surface area contributed by atoms with Crippen molar-refractivity contribution in [3.8, 4) is 0 Å². The second kappa shape index (κ2) is 8.53. The van der Waals surface area contributed by atoms with E-state index in [0.717, 1.165) is 5.56 Å². The third-order valence-corrected chi connectivity index (χ3v) is 5.62. The van der Waals surface area contributed by atoms with Crippen LogP contribution < -0.4 is 0 Å². The van der Waals surface area contributed by atoms with Crippen LogP contribution in [-0.2, 0) is 9.16 Å². The van der Waals surface area contributed by atoms with Crippen molar-refractivity contribution in [2.24, 2.45) is 11.3 Å². The summed E-state index contributed by atoms with van der Waals surface area (Å²) in [5, 5.41) is 0. The Morgan fingerprint density at radius 1 is 1.18 bits per heavy atom. The number of likely N-dealkylation sites (tertiary alicyclic amines) is 1. The van der Waals surface area contributed by atoms with Crippen LogP contribution in [0.2, 0.25) is 13.1 Å². The molecule has 0 spiro atoms. The largest absolute Gasteiger partial charge is 0.444 e. The van der Waals surface area contributed by atoms with Crippen molar-refractivity contribution in [2.45, 2.75) is 72.3 Å². The fourth-order valence-electron chi connectivity index (χ4n) is 3.86. The Kier molecular flexibility index (Phi) is 6.97. The van der Waals surface area contributed by atoms with Gasteiger partial charge in [-0.2, -0.15) is 0 Å². The highest BCUT2D eigenvalue weighted by molar-refractivity contribution is 6.48. The SMILES string of the molecule is C[Si](C)O[C@H](C1CN(C(=O)OC(C)(C)C)CC1c1cccc(F)c1)C(C)(C)C. The molecule has 1 amide bonds. The van der Waals surface area contributed by atoms with Gasteiger partial charge in [0.1, 0.15) is 11.4 Å². The molecule has 1 saturated heterocycles. The minimum Gasteiger partial charge on any atom is -0.444 e. The lowest BCUT2D eigenvalue weighted by Crippen LogP contribution is -2.43. The van der Waals surface area contributed by atoms with Gasteiger partial charge in [0.15, 0.2) is 0 Å². The van der Waals surface area contributed by atoms with E-state index >= 15 is 0 Å². The fraction of sp³-hybridized carbons (Fsp3) is 0.682. The molecule has 4 nitrogen and oxygen atoms in total. The number of nitrogens with zero attached hydrogens (tertiary/aromatic N) is 1. The second-order valence-corrected chi connectivity index (χ2v) is 12.1. The zero-order valence-corrected chi connectivity index (χ0v) is 19.5. The summed E-state index contributed by atoms with van der Waals surface area (Å²) in [5.74, 6) is -0.168. The Hall–Kier alpha value is -1.40. The van der Waals surface area contributed by atoms with Crippen LogP contribution in [0.3, 0.4) is 0 Å². The van der Waals surface area contributed by atoms with Crippen LogP contribution in [0.4, 0.5) is 9.18 Å². The first-order valence-corrected chi connectivity index (χ1v) is 12.4. The lowest BCUT2D eigenvalue weighted by Gasteiger charge is -2.39. The van der Waals surface area contributed by atoms with E-state index in [2.05, 4.69) is 33.9 Å². The quantitative estimate of drug-likeness (QED) is 0.621. The highest BCUT2D eigenvalue weighted by Crippen LogP contribution is 2.42. The van der Waals surface area contributed by atoms with Gasteiger partial charge < -0.3 is 14.1 Å². The smallest absolute Gasteiger partial charge is 0.410 e. The van der Waals surface area contributed by atoms with E-state index in [4.69, 9.17) is 9.16 Å². The summed E-state index contributed by atoms with van der Waals surface area (Å²) in [6.07, 6.45) is -0.348. The van der Waals surface area contributed by atoms with Crippen LogP contribution >= 0.6 is 0 Å². The minimum atomic E-state index is -0.939. The van der Waals surface area contributed by atoms with Gasteiger partial charge in [0, 0.05) is 24.9 Å². The predicted octanol–water partition coefficient (Wildman–Crippen LogP) is 5.46. The van der Waals surface area contributed by atoms with Gasteiger partial charge in [-0.05, 0) is 57.0 Å². The van der Waals surface area contributed by atoms with Gasteiger partial charge in [-0.1, -0.05) is 32.9 Å². The molecule has 0 saturated carbocycles. The van der Waals surface area contributed by atoms with E-state index in [1.807, 2.05) is 26.8 Å². The van der Waals surface area contributed by atoms with E-state index < -0.39 is 14.6 Å². The first-order valence-electron chi connectivity index (χ1n) is 9.98. The van der Waals surface area contributed by atoms with E-state index in [-0.39, 0.29) is 35.3 Å². The summed E-state index contributed by atoms with van der Waals surface area (Å²) in [4.78, 5) is 14.5. The van der Waals surface area contributed by atoms with Gasteiger partial charge in [0.05, 0.1) is 6.10 Å². The van der Waals surface area contributed by atoms with E-state index in [0.29, 0.717) is 13.1 Å². The number of halogens is 1. The molecular formula is C22H35FNO3Si. The lowest BCUT2D eigenvalue weighted by atomic mass is 9.75. The number of ether oxygens (including phenoxy) is 1. The predicted molar refractivity (Wildman–Crippen MR) is 112 cm³/mol. The molecule has 0 aliphatic carbocycles. The van der Waals surface area contributed by atoms with Crippen molar-refractivity contribution in [3.63, 3.8) is 0 Å². The van der Waals surface area contributed by atoms with Gasteiger partial charge >= 0.3 is 6.09 Å². The molecule has 1 heterocycles. The summed E-state index contributed by atoms with van der Waals surface area (Å²) >= 11 is 0. The van der Waals surface area contributed by atoms with Gasteiger partial charge in [0.2, 0.25) is 9.04 Å². The molecule has 1 radical (unpaired) electrons. The molecule has 0 aromatic heterocycles. The van der Waals surface area contributed by atoms with Crippen molar-refractivity contribution in [3.05, 3.63) is 35.6 Å². The average Bonchev–Trinajstić information content (AvgIpc) is 2.94. The van der Waals surface area contributed by atoms with Crippen LogP contribution in [0.15, 0.2) is 24.3 Å². The number of hydrogen-bond donors (Lipinski definition) is 0. The molecule has 157 valence electrons. The molecule has 2 unspecified atom stereocenters. The maximum absolute atomic E-state index is 13.9. The molecule has 6 heteroatoms. The van der Waals surface area contributed by atoms with Gasteiger partial charge in [-0.15, -0.1) is 0 Å². The van der Waals surface area contributed by atoms with E-state index in [1.165, 1.54) is 6.07 Å². The summed E-state index contributed by atoms with van der Waals surface area (Å²) in [5.41, 5.74) is 0.268. The molecule has 2 rings (SSSR count). The Morgan fingerprint density at radius 2 is 1.82 bits per heavy atom. The van der Waals surface area contributed by atoms with Gasteiger partial charge in [-0.3, -0.25) is 0 Å². The number of hydrogen-bond acceptors (Lipinski definition) is 3.